The minimum absolute atomic E-state index is 0.233. The molecule has 4 rings (SSSR count). The molecule has 2 heterocycles. The van der Waals surface area contributed by atoms with E-state index in [1.54, 1.807) is 25.1 Å². The molecule has 0 unspecified atom stereocenters. The van der Waals surface area contributed by atoms with E-state index in [1.165, 1.54) is 16.9 Å². The van der Waals surface area contributed by atoms with E-state index in [2.05, 4.69) is 10.4 Å². The Morgan fingerprint density at radius 3 is 2.73 bits per heavy atom. The van der Waals surface area contributed by atoms with E-state index in [0.29, 0.717) is 41.7 Å². The molecule has 1 aromatic heterocycles. The number of benzene rings is 2. The number of carbonyl (C=O) groups excluding carboxylic acids is 1. The van der Waals surface area contributed by atoms with Gasteiger partial charge >= 0.3 is 0 Å². The monoisotopic (exact) mass is 427 g/mol. The average molecular weight is 428 g/mol. The Kier molecular flexibility index (Phi) is 5.88. The van der Waals surface area contributed by atoms with Crippen molar-refractivity contribution < 1.29 is 13.9 Å². The van der Waals surface area contributed by atoms with Gasteiger partial charge < -0.3 is 10.1 Å². The maximum atomic E-state index is 14.1. The lowest BCUT2D eigenvalue weighted by Gasteiger charge is -2.38. The van der Waals surface area contributed by atoms with Crippen molar-refractivity contribution in [3.63, 3.8) is 0 Å². The number of carbonyl (C=O) groups is 1. The molecule has 0 aliphatic carbocycles. The summed E-state index contributed by atoms with van der Waals surface area (Å²) < 4.78 is 21.1. The normalized spacial score (nSPS) is 15.7. The quantitative estimate of drug-likeness (QED) is 0.654. The summed E-state index contributed by atoms with van der Waals surface area (Å²) in [7, 11) is 0. The van der Waals surface area contributed by atoms with E-state index in [0.717, 1.165) is 18.4 Å². The molecule has 1 N–H and O–H groups in total. The Labute approximate surface area is 179 Å². The highest BCUT2D eigenvalue weighted by Crippen LogP contribution is 2.35. The number of rotatable bonds is 5. The highest BCUT2D eigenvalue weighted by molar-refractivity contribution is 6.30. The first kappa shape index (κ1) is 20.6. The van der Waals surface area contributed by atoms with E-state index in [4.69, 9.17) is 16.3 Å². The molecule has 0 radical (unpaired) electrons. The van der Waals surface area contributed by atoms with Crippen LogP contribution in [0.2, 0.25) is 5.02 Å². The molecule has 0 atom stereocenters. The second-order valence-corrected chi connectivity index (χ2v) is 8.03. The molecule has 3 aromatic rings. The van der Waals surface area contributed by atoms with Crippen molar-refractivity contribution in [1.29, 1.82) is 0 Å². The van der Waals surface area contributed by atoms with E-state index < -0.39 is 5.82 Å². The summed E-state index contributed by atoms with van der Waals surface area (Å²) in [6.07, 6.45) is 3.06. The Morgan fingerprint density at radius 1 is 1.23 bits per heavy atom. The molecule has 1 amide bonds. The van der Waals surface area contributed by atoms with Crippen LogP contribution in [-0.2, 0) is 10.2 Å². The summed E-state index contributed by atoms with van der Waals surface area (Å²) in [5, 5.41) is 7.96. The molecule has 1 fully saturated rings. The maximum Gasteiger partial charge on any atom is 0.254 e. The van der Waals surface area contributed by atoms with Gasteiger partial charge in [0, 0.05) is 30.2 Å². The van der Waals surface area contributed by atoms with Crippen molar-refractivity contribution in [3.05, 3.63) is 82.4 Å². The number of nitrogens with zero attached hydrogens (tertiary/aromatic N) is 2. The second kappa shape index (κ2) is 8.58. The first-order chi connectivity index (χ1) is 14.5. The lowest BCUT2D eigenvalue weighted by atomic mass is 9.74. The summed E-state index contributed by atoms with van der Waals surface area (Å²) in [6.45, 7) is 3.48. The van der Waals surface area contributed by atoms with Crippen LogP contribution in [0.1, 0.15) is 34.5 Å². The van der Waals surface area contributed by atoms with Crippen molar-refractivity contribution in [2.45, 2.75) is 25.2 Å². The summed E-state index contributed by atoms with van der Waals surface area (Å²) in [5.74, 6) is -0.624. The van der Waals surface area contributed by atoms with Gasteiger partial charge in [0.25, 0.3) is 5.91 Å². The molecular formula is C23H23ClFN3O2. The van der Waals surface area contributed by atoms with Crippen LogP contribution in [0.4, 0.5) is 4.39 Å². The highest BCUT2D eigenvalue weighted by atomic mass is 35.5. The number of para-hydroxylation sites is 1. The van der Waals surface area contributed by atoms with Gasteiger partial charge in [-0.05, 0) is 49.6 Å². The van der Waals surface area contributed by atoms with Crippen LogP contribution in [0, 0.1) is 12.7 Å². The molecule has 0 saturated carbocycles. The summed E-state index contributed by atoms with van der Waals surface area (Å²) in [4.78, 5) is 13.0. The topological polar surface area (TPSA) is 56.1 Å². The maximum absolute atomic E-state index is 14.1. The third-order valence-electron chi connectivity index (χ3n) is 5.81. The Morgan fingerprint density at radius 2 is 2.00 bits per heavy atom. The van der Waals surface area contributed by atoms with Gasteiger partial charge in [-0.15, -0.1) is 0 Å². The molecule has 7 heteroatoms. The SMILES string of the molecule is Cc1c(C(=O)NCC2(c3cccc(Cl)c3)CCOCC2)cnn1-c1ccccc1F. The van der Waals surface area contributed by atoms with Crippen molar-refractivity contribution in [1.82, 2.24) is 15.1 Å². The second-order valence-electron chi connectivity index (χ2n) is 7.59. The van der Waals surface area contributed by atoms with Crippen LogP contribution < -0.4 is 5.32 Å². The van der Waals surface area contributed by atoms with E-state index in [1.807, 2.05) is 24.3 Å². The highest BCUT2D eigenvalue weighted by Gasteiger charge is 2.35. The number of nitrogens with one attached hydrogen (secondary N) is 1. The number of ether oxygens (including phenoxy) is 1. The zero-order valence-corrected chi connectivity index (χ0v) is 17.5. The van der Waals surface area contributed by atoms with Crippen molar-refractivity contribution in [3.8, 4) is 5.69 Å². The largest absolute Gasteiger partial charge is 0.381 e. The van der Waals surface area contributed by atoms with Crippen molar-refractivity contribution >= 4 is 17.5 Å². The van der Waals surface area contributed by atoms with Gasteiger partial charge in [0.15, 0.2) is 0 Å². The van der Waals surface area contributed by atoms with Crippen LogP contribution in [-0.4, -0.2) is 35.4 Å². The zero-order chi connectivity index (χ0) is 21.1. The number of halogens is 2. The summed E-state index contributed by atoms with van der Waals surface area (Å²) >= 11 is 6.22. The Balaban J connectivity index is 1.56. The minimum atomic E-state index is -0.391. The fourth-order valence-corrected chi connectivity index (χ4v) is 4.18. The standard InChI is InChI=1S/C23H23ClFN3O2/c1-16-19(14-27-28(16)21-8-3-2-7-20(21)25)22(29)26-15-23(9-11-30-12-10-23)17-5-4-6-18(24)13-17/h2-8,13-14H,9-12,15H2,1H3,(H,26,29). The Hall–Kier alpha value is -2.70. The first-order valence-electron chi connectivity index (χ1n) is 9.92. The molecule has 5 nitrogen and oxygen atoms in total. The number of hydrogen-bond acceptors (Lipinski definition) is 3. The predicted octanol–water partition coefficient (Wildman–Crippen LogP) is 4.45. The summed E-state index contributed by atoms with van der Waals surface area (Å²) in [6, 6.07) is 14.1. The average Bonchev–Trinajstić information content (AvgIpc) is 3.14. The fraction of sp³-hybridized carbons (Fsp3) is 0.304. The molecule has 0 spiro atoms. The van der Waals surface area contributed by atoms with Gasteiger partial charge in [-0.25, -0.2) is 9.07 Å². The number of amides is 1. The molecule has 1 aliphatic rings. The van der Waals surface area contributed by atoms with Crippen LogP contribution in [0.5, 0.6) is 0 Å². The van der Waals surface area contributed by atoms with Crippen molar-refractivity contribution in [2.75, 3.05) is 19.8 Å². The lowest BCUT2D eigenvalue weighted by Crippen LogP contribution is -2.44. The fourth-order valence-electron chi connectivity index (χ4n) is 3.99. The lowest BCUT2D eigenvalue weighted by molar-refractivity contribution is 0.0487. The van der Waals surface area contributed by atoms with Gasteiger partial charge in [0.2, 0.25) is 0 Å². The molecule has 1 aliphatic heterocycles. The van der Waals surface area contributed by atoms with Crippen LogP contribution in [0.25, 0.3) is 5.69 Å². The molecule has 2 aromatic carbocycles. The van der Waals surface area contributed by atoms with Gasteiger partial charge in [-0.1, -0.05) is 35.9 Å². The molecular weight excluding hydrogens is 405 g/mol. The number of hydrogen-bond donors (Lipinski definition) is 1. The molecule has 156 valence electrons. The molecule has 0 bridgehead atoms. The number of aromatic nitrogens is 2. The van der Waals surface area contributed by atoms with Crippen LogP contribution in [0.3, 0.4) is 0 Å². The third kappa shape index (κ3) is 3.98. The van der Waals surface area contributed by atoms with Crippen LogP contribution in [0.15, 0.2) is 54.7 Å². The van der Waals surface area contributed by atoms with Gasteiger partial charge in [-0.3, -0.25) is 4.79 Å². The van der Waals surface area contributed by atoms with Gasteiger partial charge in [0.1, 0.15) is 11.5 Å². The molecule has 30 heavy (non-hydrogen) atoms. The molecule has 1 saturated heterocycles. The van der Waals surface area contributed by atoms with Crippen LogP contribution >= 0.6 is 11.6 Å². The zero-order valence-electron chi connectivity index (χ0n) is 16.7. The van der Waals surface area contributed by atoms with E-state index in [-0.39, 0.29) is 11.3 Å². The minimum Gasteiger partial charge on any atom is -0.381 e. The van der Waals surface area contributed by atoms with Gasteiger partial charge in [0.05, 0.1) is 17.5 Å². The predicted molar refractivity (Wildman–Crippen MR) is 114 cm³/mol. The van der Waals surface area contributed by atoms with E-state index >= 15 is 0 Å². The van der Waals surface area contributed by atoms with E-state index in [9.17, 15) is 9.18 Å². The smallest absolute Gasteiger partial charge is 0.254 e. The third-order valence-corrected chi connectivity index (χ3v) is 6.04. The van der Waals surface area contributed by atoms with Crippen molar-refractivity contribution in [2.24, 2.45) is 0 Å². The summed E-state index contributed by atoms with van der Waals surface area (Å²) in [5.41, 5.74) is 2.17. The van der Waals surface area contributed by atoms with Gasteiger partial charge in [-0.2, -0.15) is 5.10 Å². The first-order valence-corrected chi connectivity index (χ1v) is 10.3. The Bertz CT molecular complexity index is 1060.